The maximum Gasteiger partial charge on any atom is 0.253 e. The zero-order valence-electron chi connectivity index (χ0n) is 11.0. The second kappa shape index (κ2) is 5.31. The molecule has 1 fully saturated rings. The number of piperidine rings is 1. The van der Waals surface area contributed by atoms with Crippen LogP contribution < -0.4 is 0 Å². The van der Waals surface area contributed by atoms with Gasteiger partial charge in [0.25, 0.3) is 5.91 Å². The van der Waals surface area contributed by atoms with Crippen molar-refractivity contribution in [2.75, 3.05) is 13.1 Å². The maximum absolute atomic E-state index is 12.4. The predicted octanol–water partition coefficient (Wildman–Crippen LogP) is 3.10. The van der Waals surface area contributed by atoms with Gasteiger partial charge in [-0.15, -0.1) is 0 Å². The van der Waals surface area contributed by atoms with E-state index in [1.54, 1.807) is 0 Å². The first kappa shape index (κ1) is 12.0. The van der Waals surface area contributed by atoms with Crippen molar-refractivity contribution >= 4 is 5.91 Å². The number of rotatable bonds is 2. The molecule has 1 amide bonds. The lowest BCUT2D eigenvalue weighted by Crippen LogP contribution is -2.35. The number of carbonyl (C=O) groups excluding carboxylic acids is 1. The highest BCUT2D eigenvalue weighted by atomic mass is 16.2. The molecule has 0 N–H and O–H groups in total. The number of aromatic nitrogens is 1. The fraction of sp³-hybridized carbons (Fsp3) is 0.312. The van der Waals surface area contributed by atoms with Crippen LogP contribution in [-0.2, 0) is 0 Å². The average molecular weight is 254 g/mol. The molecular weight excluding hydrogens is 236 g/mol. The molecular formula is C16H18N2O. The first-order chi connectivity index (χ1) is 9.34. The van der Waals surface area contributed by atoms with E-state index in [0.29, 0.717) is 0 Å². The molecule has 0 saturated carbocycles. The van der Waals surface area contributed by atoms with Crippen LogP contribution >= 0.6 is 0 Å². The van der Waals surface area contributed by atoms with Crippen LogP contribution in [0, 0.1) is 0 Å². The molecule has 1 aliphatic heterocycles. The van der Waals surface area contributed by atoms with Crippen molar-refractivity contribution in [3.05, 3.63) is 54.4 Å². The first-order valence-corrected chi connectivity index (χ1v) is 6.87. The van der Waals surface area contributed by atoms with Crippen LogP contribution in [0.1, 0.15) is 29.6 Å². The lowest BCUT2D eigenvalue weighted by atomic mass is 10.1. The van der Waals surface area contributed by atoms with E-state index in [-0.39, 0.29) is 5.91 Å². The minimum absolute atomic E-state index is 0.161. The minimum Gasteiger partial charge on any atom is -0.339 e. The van der Waals surface area contributed by atoms with E-state index in [1.807, 2.05) is 58.3 Å². The third-order valence-electron chi connectivity index (χ3n) is 3.64. The molecule has 0 spiro atoms. The average Bonchev–Trinajstić information content (AvgIpc) is 3.02. The molecule has 3 rings (SSSR count). The smallest absolute Gasteiger partial charge is 0.253 e. The van der Waals surface area contributed by atoms with Gasteiger partial charge >= 0.3 is 0 Å². The first-order valence-electron chi connectivity index (χ1n) is 6.87. The summed E-state index contributed by atoms with van der Waals surface area (Å²) in [7, 11) is 0. The lowest BCUT2D eigenvalue weighted by Gasteiger charge is -2.26. The molecule has 2 aromatic rings. The number of carbonyl (C=O) groups is 1. The minimum atomic E-state index is 0.161. The molecule has 19 heavy (non-hydrogen) atoms. The molecule has 0 aliphatic carbocycles. The van der Waals surface area contributed by atoms with Crippen molar-refractivity contribution in [2.24, 2.45) is 0 Å². The van der Waals surface area contributed by atoms with Crippen molar-refractivity contribution in [3.63, 3.8) is 0 Å². The van der Waals surface area contributed by atoms with Gasteiger partial charge in [-0.1, -0.05) is 6.07 Å². The summed E-state index contributed by atoms with van der Waals surface area (Å²) >= 11 is 0. The van der Waals surface area contributed by atoms with Crippen LogP contribution in [0.15, 0.2) is 48.8 Å². The highest BCUT2D eigenvalue weighted by Gasteiger charge is 2.18. The van der Waals surface area contributed by atoms with E-state index < -0.39 is 0 Å². The summed E-state index contributed by atoms with van der Waals surface area (Å²) in [6, 6.07) is 11.8. The molecule has 1 aromatic heterocycles. The van der Waals surface area contributed by atoms with E-state index in [2.05, 4.69) is 0 Å². The van der Waals surface area contributed by atoms with Crippen LogP contribution in [0.2, 0.25) is 0 Å². The summed E-state index contributed by atoms with van der Waals surface area (Å²) in [6.45, 7) is 1.79. The summed E-state index contributed by atoms with van der Waals surface area (Å²) in [4.78, 5) is 14.4. The molecule has 2 heterocycles. The van der Waals surface area contributed by atoms with Gasteiger partial charge in [-0.25, -0.2) is 0 Å². The quantitative estimate of drug-likeness (QED) is 0.808. The summed E-state index contributed by atoms with van der Waals surface area (Å²) < 4.78 is 2.02. The molecule has 1 saturated heterocycles. The van der Waals surface area contributed by atoms with Gasteiger partial charge in [-0.05, 0) is 49.6 Å². The number of nitrogens with zero attached hydrogens (tertiary/aromatic N) is 2. The van der Waals surface area contributed by atoms with Crippen molar-refractivity contribution in [1.82, 2.24) is 9.47 Å². The molecule has 3 nitrogen and oxygen atoms in total. The summed E-state index contributed by atoms with van der Waals surface area (Å²) in [5, 5.41) is 0. The van der Waals surface area contributed by atoms with Crippen LogP contribution in [0.25, 0.3) is 5.69 Å². The Hall–Kier alpha value is -2.03. The van der Waals surface area contributed by atoms with Gasteiger partial charge in [0.1, 0.15) is 0 Å². The topological polar surface area (TPSA) is 25.2 Å². The van der Waals surface area contributed by atoms with Crippen molar-refractivity contribution < 1.29 is 4.79 Å². The van der Waals surface area contributed by atoms with Gasteiger partial charge in [0, 0.05) is 36.7 Å². The van der Waals surface area contributed by atoms with E-state index in [1.165, 1.54) is 6.42 Å². The number of hydrogen-bond acceptors (Lipinski definition) is 1. The SMILES string of the molecule is O=C(c1cccc(-n2cccc2)c1)N1CCCCC1. The third-order valence-corrected chi connectivity index (χ3v) is 3.64. The predicted molar refractivity (Wildman–Crippen MR) is 75.5 cm³/mol. The second-order valence-corrected chi connectivity index (χ2v) is 4.99. The Morgan fingerprint density at radius 2 is 1.68 bits per heavy atom. The Morgan fingerprint density at radius 1 is 0.947 bits per heavy atom. The van der Waals surface area contributed by atoms with Gasteiger partial charge in [-0.2, -0.15) is 0 Å². The monoisotopic (exact) mass is 254 g/mol. The Labute approximate surface area is 113 Å². The Kier molecular flexibility index (Phi) is 3.36. The van der Waals surface area contributed by atoms with Crippen LogP contribution in [0.5, 0.6) is 0 Å². The number of amides is 1. The van der Waals surface area contributed by atoms with Crippen molar-refractivity contribution in [3.8, 4) is 5.69 Å². The number of hydrogen-bond donors (Lipinski definition) is 0. The molecule has 3 heteroatoms. The standard InChI is InChI=1S/C16H18N2O/c19-16(18-11-2-1-3-12-18)14-7-6-8-15(13-14)17-9-4-5-10-17/h4-10,13H,1-3,11-12H2. The molecule has 0 unspecified atom stereocenters. The molecule has 0 atom stereocenters. The Balaban J connectivity index is 1.84. The third kappa shape index (κ3) is 2.55. The van der Waals surface area contributed by atoms with Crippen molar-refractivity contribution in [2.45, 2.75) is 19.3 Å². The summed E-state index contributed by atoms with van der Waals surface area (Å²) in [5.74, 6) is 0.161. The van der Waals surface area contributed by atoms with Gasteiger partial charge in [0.15, 0.2) is 0 Å². The zero-order valence-corrected chi connectivity index (χ0v) is 11.0. The van der Waals surface area contributed by atoms with Crippen LogP contribution in [-0.4, -0.2) is 28.5 Å². The fourth-order valence-electron chi connectivity index (χ4n) is 2.59. The Bertz CT molecular complexity index is 554. The molecule has 0 bridgehead atoms. The molecule has 98 valence electrons. The van der Waals surface area contributed by atoms with E-state index in [0.717, 1.165) is 37.2 Å². The van der Waals surface area contributed by atoms with E-state index in [4.69, 9.17) is 0 Å². The summed E-state index contributed by atoms with van der Waals surface area (Å²) in [5.41, 5.74) is 1.82. The van der Waals surface area contributed by atoms with Crippen LogP contribution in [0.3, 0.4) is 0 Å². The zero-order chi connectivity index (χ0) is 13.1. The van der Waals surface area contributed by atoms with Gasteiger partial charge in [0.05, 0.1) is 0 Å². The van der Waals surface area contributed by atoms with Crippen LogP contribution in [0.4, 0.5) is 0 Å². The molecule has 1 aliphatic rings. The Morgan fingerprint density at radius 3 is 2.42 bits per heavy atom. The molecule has 1 aromatic carbocycles. The van der Waals surface area contributed by atoms with E-state index in [9.17, 15) is 4.79 Å². The maximum atomic E-state index is 12.4. The van der Waals surface area contributed by atoms with Gasteiger partial charge < -0.3 is 9.47 Å². The van der Waals surface area contributed by atoms with E-state index >= 15 is 0 Å². The highest BCUT2D eigenvalue weighted by molar-refractivity contribution is 5.94. The normalized spacial score (nSPS) is 15.5. The lowest BCUT2D eigenvalue weighted by molar-refractivity contribution is 0.0724. The van der Waals surface area contributed by atoms with Gasteiger partial charge in [-0.3, -0.25) is 4.79 Å². The van der Waals surface area contributed by atoms with Gasteiger partial charge in [0.2, 0.25) is 0 Å². The van der Waals surface area contributed by atoms with Crippen molar-refractivity contribution in [1.29, 1.82) is 0 Å². The largest absolute Gasteiger partial charge is 0.339 e. The number of benzene rings is 1. The summed E-state index contributed by atoms with van der Waals surface area (Å²) in [6.07, 6.45) is 7.48. The molecule has 0 radical (unpaired) electrons. The number of likely N-dealkylation sites (tertiary alicyclic amines) is 1. The fourth-order valence-corrected chi connectivity index (χ4v) is 2.59. The second-order valence-electron chi connectivity index (χ2n) is 4.99. The highest BCUT2D eigenvalue weighted by Crippen LogP contribution is 2.16.